The van der Waals surface area contributed by atoms with Gasteiger partial charge in [0, 0.05) is 39.1 Å². The molecule has 30 heavy (non-hydrogen) atoms. The molecule has 1 unspecified atom stereocenters. The van der Waals surface area contributed by atoms with Crippen LogP contribution in [0.25, 0.3) is 0 Å². The first-order chi connectivity index (χ1) is 14.5. The number of nitrogens with two attached hydrogens (primary N) is 1. The second-order valence-electron chi connectivity index (χ2n) is 8.09. The number of nitrogens with one attached hydrogen (secondary N) is 1. The van der Waals surface area contributed by atoms with Crippen LogP contribution in [0.15, 0.2) is 18.2 Å². The van der Waals surface area contributed by atoms with Gasteiger partial charge < -0.3 is 10.6 Å². The van der Waals surface area contributed by atoms with Gasteiger partial charge in [0.2, 0.25) is 11.8 Å². The van der Waals surface area contributed by atoms with E-state index in [1.54, 1.807) is 12.1 Å². The van der Waals surface area contributed by atoms with Crippen LogP contribution < -0.4 is 11.1 Å². The van der Waals surface area contributed by atoms with Gasteiger partial charge in [0.25, 0.3) is 11.8 Å². The second kappa shape index (κ2) is 8.63. The first-order valence-electron chi connectivity index (χ1n) is 10.5. The summed E-state index contributed by atoms with van der Waals surface area (Å²) in [5.74, 6) is -1.89. The number of carbonyl (C=O) groups excluding carboxylic acids is 4. The van der Waals surface area contributed by atoms with Crippen molar-refractivity contribution in [2.24, 2.45) is 5.73 Å². The van der Waals surface area contributed by atoms with Gasteiger partial charge >= 0.3 is 0 Å². The molecule has 1 aromatic rings. The van der Waals surface area contributed by atoms with Crippen LogP contribution in [0.5, 0.6) is 0 Å². The van der Waals surface area contributed by atoms with Gasteiger partial charge in [0.05, 0.1) is 11.1 Å². The van der Waals surface area contributed by atoms with Crippen LogP contribution in [0.1, 0.15) is 45.5 Å². The number of piperidine rings is 1. The monoisotopic (exact) mass is 413 g/mol. The summed E-state index contributed by atoms with van der Waals surface area (Å²) < 4.78 is 0. The van der Waals surface area contributed by atoms with Gasteiger partial charge in [0.1, 0.15) is 6.04 Å². The van der Waals surface area contributed by atoms with Crippen molar-refractivity contribution in [3.63, 3.8) is 0 Å². The molecular weight excluding hydrogens is 386 g/mol. The average Bonchev–Trinajstić information content (AvgIpc) is 2.98. The molecule has 1 atom stereocenters. The molecule has 9 heteroatoms. The molecule has 9 nitrogen and oxygen atoms in total. The molecule has 0 bridgehead atoms. The molecule has 160 valence electrons. The Balaban J connectivity index is 1.42. The Bertz CT molecular complexity index is 878. The summed E-state index contributed by atoms with van der Waals surface area (Å²) in [5, 5.41) is 2.21. The predicted molar refractivity (Wildman–Crippen MR) is 109 cm³/mol. The molecule has 2 saturated heterocycles. The Morgan fingerprint density at radius 1 is 0.967 bits per heavy atom. The Morgan fingerprint density at radius 2 is 1.67 bits per heavy atom. The molecule has 0 aromatic heterocycles. The number of hydrogen-bond donors (Lipinski definition) is 2. The Hall–Kier alpha value is -2.62. The number of imide groups is 2. The highest BCUT2D eigenvalue weighted by Gasteiger charge is 2.44. The molecule has 3 N–H and O–H groups in total. The molecule has 3 aliphatic heterocycles. The van der Waals surface area contributed by atoms with Crippen LogP contribution in [0, 0.1) is 0 Å². The maximum Gasteiger partial charge on any atom is 0.262 e. The van der Waals surface area contributed by atoms with Crippen molar-refractivity contribution in [3.05, 3.63) is 34.9 Å². The number of piperazine rings is 1. The topological polar surface area (TPSA) is 116 Å². The van der Waals surface area contributed by atoms with E-state index in [0.717, 1.165) is 49.6 Å². The van der Waals surface area contributed by atoms with Gasteiger partial charge in [-0.15, -0.1) is 0 Å². The van der Waals surface area contributed by atoms with E-state index in [1.807, 2.05) is 6.07 Å². The second-order valence-corrected chi connectivity index (χ2v) is 8.09. The number of fused-ring (bicyclic) bond motifs is 1. The fourth-order valence-electron chi connectivity index (χ4n) is 4.36. The smallest absolute Gasteiger partial charge is 0.262 e. The van der Waals surface area contributed by atoms with E-state index < -0.39 is 23.8 Å². The maximum atomic E-state index is 12.9. The predicted octanol–water partition coefficient (Wildman–Crippen LogP) is -0.446. The van der Waals surface area contributed by atoms with Crippen LogP contribution >= 0.6 is 0 Å². The molecule has 3 aliphatic rings. The quantitative estimate of drug-likeness (QED) is 0.607. The fourth-order valence-corrected chi connectivity index (χ4v) is 4.36. The van der Waals surface area contributed by atoms with E-state index >= 15 is 0 Å². The highest BCUT2D eigenvalue weighted by atomic mass is 16.2. The highest BCUT2D eigenvalue weighted by molar-refractivity contribution is 6.23. The minimum atomic E-state index is -0.930. The van der Waals surface area contributed by atoms with Gasteiger partial charge in [-0.2, -0.15) is 0 Å². The summed E-state index contributed by atoms with van der Waals surface area (Å²) in [4.78, 5) is 55.0. The van der Waals surface area contributed by atoms with E-state index in [1.165, 1.54) is 0 Å². The minimum absolute atomic E-state index is 0.117. The number of hydrogen-bond acceptors (Lipinski definition) is 7. The molecule has 4 amide bonds. The summed E-state index contributed by atoms with van der Waals surface area (Å²) >= 11 is 0. The zero-order chi connectivity index (χ0) is 21.3. The summed E-state index contributed by atoms with van der Waals surface area (Å²) in [7, 11) is 0. The van der Waals surface area contributed by atoms with Crippen molar-refractivity contribution in [1.29, 1.82) is 0 Å². The van der Waals surface area contributed by atoms with Crippen molar-refractivity contribution < 1.29 is 19.2 Å². The number of benzene rings is 1. The normalized spacial score (nSPS) is 23.1. The van der Waals surface area contributed by atoms with Crippen LogP contribution in [0.4, 0.5) is 0 Å². The number of rotatable bonds is 6. The Labute approximate surface area is 175 Å². The lowest BCUT2D eigenvalue weighted by atomic mass is 10.0. The summed E-state index contributed by atoms with van der Waals surface area (Å²) in [5.41, 5.74) is 7.21. The Morgan fingerprint density at radius 3 is 2.37 bits per heavy atom. The molecule has 0 aliphatic carbocycles. The van der Waals surface area contributed by atoms with E-state index in [0.29, 0.717) is 24.2 Å². The fraction of sp³-hybridized carbons (Fsp3) is 0.524. The molecule has 0 radical (unpaired) electrons. The van der Waals surface area contributed by atoms with Gasteiger partial charge in [0.15, 0.2) is 0 Å². The zero-order valence-electron chi connectivity index (χ0n) is 16.9. The van der Waals surface area contributed by atoms with Gasteiger partial charge in [-0.1, -0.05) is 6.07 Å². The minimum Gasteiger partial charge on any atom is -0.330 e. The number of amides is 4. The standard InChI is InChI=1S/C21H27N5O4/c22-6-1-7-24-8-10-25(11-9-24)13-14-2-3-15-16(12-14)21(30)26(20(15)29)17-4-5-18(27)23-19(17)28/h2-3,12,17H,1,4-11,13,22H2,(H,23,27,28). The Kier molecular flexibility index (Phi) is 5.94. The van der Waals surface area contributed by atoms with Crippen LogP contribution in [-0.4, -0.2) is 83.6 Å². The summed E-state index contributed by atoms with van der Waals surface area (Å²) in [6, 6.07) is 4.38. The van der Waals surface area contributed by atoms with Crippen molar-refractivity contribution >= 4 is 23.6 Å². The van der Waals surface area contributed by atoms with E-state index in [4.69, 9.17) is 5.73 Å². The third-order valence-electron chi connectivity index (χ3n) is 6.05. The molecule has 1 aromatic carbocycles. The van der Waals surface area contributed by atoms with Crippen LogP contribution in [-0.2, 0) is 16.1 Å². The van der Waals surface area contributed by atoms with Crippen molar-refractivity contribution in [2.75, 3.05) is 39.3 Å². The first kappa shape index (κ1) is 20.6. The lowest BCUT2D eigenvalue weighted by Gasteiger charge is -2.34. The van der Waals surface area contributed by atoms with Gasteiger partial charge in [-0.3, -0.25) is 34.3 Å². The highest BCUT2D eigenvalue weighted by Crippen LogP contribution is 2.28. The largest absolute Gasteiger partial charge is 0.330 e. The lowest BCUT2D eigenvalue weighted by Crippen LogP contribution is -2.54. The molecular formula is C21H27N5O4. The lowest BCUT2D eigenvalue weighted by molar-refractivity contribution is -0.136. The van der Waals surface area contributed by atoms with Gasteiger partial charge in [-0.05, 0) is 43.6 Å². The third kappa shape index (κ3) is 4.00. The van der Waals surface area contributed by atoms with Gasteiger partial charge in [-0.25, -0.2) is 0 Å². The van der Waals surface area contributed by atoms with E-state index in [2.05, 4.69) is 15.1 Å². The van der Waals surface area contributed by atoms with Crippen LogP contribution in [0.2, 0.25) is 0 Å². The molecule has 3 heterocycles. The van der Waals surface area contributed by atoms with Crippen molar-refractivity contribution in [2.45, 2.75) is 31.8 Å². The maximum absolute atomic E-state index is 12.9. The molecule has 2 fully saturated rings. The summed E-state index contributed by atoms with van der Waals surface area (Å²) in [6.07, 6.45) is 1.29. The number of carbonyl (C=O) groups is 4. The van der Waals surface area contributed by atoms with E-state index in [9.17, 15) is 19.2 Å². The molecule has 4 rings (SSSR count). The van der Waals surface area contributed by atoms with Crippen LogP contribution in [0.3, 0.4) is 0 Å². The molecule has 0 saturated carbocycles. The SMILES string of the molecule is NCCCN1CCN(Cc2ccc3c(c2)C(=O)N(C2CCC(=O)NC2=O)C3=O)CC1. The van der Waals surface area contributed by atoms with Crippen molar-refractivity contribution in [1.82, 2.24) is 20.0 Å². The number of nitrogens with zero attached hydrogens (tertiary/aromatic N) is 3. The van der Waals surface area contributed by atoms with E-state index in [-0.39, 0.29) is 18.7 Å². The zero-order valence-corrected chi connectivity index (χ0v) is 16.9. The first-order valence-corrected chi connectivity index (χ1v) is 10.5. The average molecular weight is 413 g/mol. The van der Waals surface area contributed by atoms with Crippen molar-refractivity contribution in [3.8, 4) is 0 Å². The molecule has 0 spiro atoms. The summed E-state index contributed by atoms with van der Waals surface area (Å²) in [6.45, 7) is 6.30. The third-order valence-corrected chi connectivity index (χ3v) is 6.05.